The van der Waals surface area contributed by atoms with Gasteiger partial charge in [0.15, 0.2) is 0 Å². The van der Waals surface area contributed by atoms with Crippen molar-refractivity contribution in [3.8, 4) is 0 Å². The third kappa shape index (κ3) is 2.67. The van der Waals surface area contributed by atoms with E-state index in [1.807, 2.05) is 54.6 Å². The first-order valence-electron chi connectivity index (χ1n) is 6.60. The summed E-state index contributed by atoms with van der Waals surface area (Å²) in [7, 11) is 0. The Kier molecular flexibility index (Phi) is 3.48. The van der Waals surface area contributed by atoms with Crippen LogP contribution in [-0.4, -0.2) is 17.3 Å². The number of rotatable bonds is 3. The summed E-state index contributed by atoms with van der Waals surface area (Å²) < 4.78 is 0. The molecular weight excluding hydrogens is 262 g/mol. The fourth-order valence-electron chi connectivity index (χ4n) is 2.31. The Morgan fingerprint density at radius 2 is 1.62 bits per heavy atom. The smallest absolute Gasteiger partial charge is 0.336 e. The van der Waals surface area contributed by atoms with Gasteiger partial charge in [-0.05, 0) is 23.6 Å². The summed E-state index contributed by atoms with van der Waals surface area (Å²) in [5, 5.41) is 11.0. The van der Waals surface area contributed by atoms with Crippen molar-refractivity contribution in [3.05, 3.63) is 77.9 Å². The molecule has 0 aliphatic carbocycles. The molecule has 0 heterocycles. The highest BCUT2D eigenvalue weighted by Crippen LogP contribution is 2.23. The van der Waals surface area contributed by atoms with Gasteiger partial charge in [0.1, 0.15) is 0 Å². The fraction of sp³-hybridized carbons (Fsp3) is 0. The average molecular weight is 275 g/mol. The molecule has 0 bridgehead atoms. The number of hydrogen-bond donors (Lipinski definition) is 1. The third-order valence-corrected chi connectivity index (χ3v) is 3.28. The van der Waals surface area contributed by atoms with E-state index in [0.29, 0.717) is 10.9 Å². The fourth-order valence-corrected chi connectivity index (χ4v) is 2.31. The number of benzene rings is 3. The number of hydrogen-bond acceptors (Lipinski definition) is 2. The Hall–Kier alpha value is -2.94. The van der Waals surface area contributed by atoms with E-state index in [4.69, 9.17) is 0 Å². The number of aliphatic imine (C=N–C) groups is 1. The van der Waals surface area contributed by atoms with Crippen molar-refractivity contribution < 1.29 is 9.90 Å². The van der Waals surface area contributed by atoms with Crippen molar-refractivity contribution in [2.24, 2.45) is 4.99 Å². The Morgan fingerprint density at radius 1 is 0.905 bits per heavy atom. The van der Waals surface area contributed by atoms with Crippen LogP contribution in [0.2, 0.25) is 0 Å². The summed E-state index contributed by atoms with van der Waals surface area (Å²) in [5.41, 5.74) is 1.93. The summed E-state index contributed by atoms with van der Waals surface area (Å²) in [5.74, 6) is -0.929. The van der Waals surface area contributed by atoms with Gasteiger partial charge in [-0.1, -0.05) is 48.5 Å². The molecule has 3 nitrogen and oxygen atoms in total. The molecule has 3 rings (SSSR count). The van der Waals surface area contributed by atoms with Crippen molar-refractivity contribution in [1.29, 1.82) is 0 Å². The van der Waals surface area contributed by atoms with Gasteiger partial charge in [-0.25, -0.2) is 4.79 Å². The molecule has 0 saturated carbocycles. The summed E-state index contributed by atoms with van der Waals surface area (Å²) in [6.07, 6.45) is 1.71. The van der Waals surface area contributed by atoms with Crippen LogP contribution in [0.1, 0.15) is 15.9 Å². The molecule has 0 aliphatic heterocycles. The van der Waals surface area contributed by atoms with Gasteiger partial charge < -0.3 is 5.11 Å². The van der Waals surface area contributed by atoms with E-state index < -0.39 is 5.97 Å². The number of para-hydroxylation sites is 1. The Bertz CT molecular complexity index is 818. The molecule has 0 saturated heterocycles. The van der Waals surface area contributed by atoms with Crippen LogP contribution in [0.3, 0.4) is 0 Å². The van der Waals surface area contributed by atoms with E-state index >= 15 is 0 Å². The molecule has 0 fully saturated rings. The quantitative estimate of drug-likeness (QED) is 0.725. The Labute approximate surface area is 122 Å². The normalized spacial score (nSPS) is 11.0. The molecule has 0 radical (unpaired) electrons. The van der Waals surface area contributed by atoms with Gasteiger partial charge in [-0.15, -0.1) is 0 Å². The first-order chi connectivity index (χ1) is 10.3. The maximum absolute atomic E-state index is 11.4. The molecule has 0 aromatic heterocycles. The highest BCUT2D eigenvalue weighted by molar-refractivity contribution is 6.10. The molecule has 1 N–H and O–H groups in total. The first kappa shape index (κ1) is 13.1. The van der Waals surface area contributed by atoms with E-state index in [2.05, 4.69) is 4.99 Å². The van der Waals surface area contributed by atoms with E-state index in [-0.39, 0.29) is 0 Å². The second-order valence-corrected chi connectivity index (χ2v) is 4.65. The number of fused-ring (bicyclic) bond motifs is 1. The topological polar surface area (TPSA) is 49.7 Å². The summed E-state index contributed by atoms with van der Waals surface area (Å²) in [6, 6.07) is 20.5. The minimum Gasteiger partial charge on any atom is -0.478 e. The van der Waals surface area contributed by atoms with E-state index in [1.54, 1.807) is 18.3 Å². The van der Waals surface area contributed by atoms with Gasteiger partial charge >= 0.3 is 5.97 Å². The zero-order valence-electron chi connectivity index (χ0n) is 11.2. The molecule has 3 aromatic carbocycles. The van der Waals surface area contributed by atoms with Crippen molar-refractivity contribution in [1.82, 2.24) is 0 Å². The first-order valence-corrected chi connectivity index (χ1v) is 6.60. The number of aromatic carboxylic acids is 1. The lowest BCUT2D eigenvalue weighted by atomic mass is 10.00. The second-order valence-electron chi connectivity index (χ2n) is 4.65. The third-order valence-electron chi connectivity index (χ3n) is 3.28. The molecule has 0 atom stereocenters. The lowest BCUT2D eigenvalue weighted by Gasteiger charge is -2.05. The minimum atomic E-state index is -0.929. The van der Waals surface area contributed by atoms with Crippen LogP contribution in [0.15, 0.2) is 71.7 Å². The molecule has 3 heteroatoms. The van der Waals surface area contributed by atoms with Crippen LogP contribution in [-0.2, 0) is 0 Å². The maximum Gasteiger partial charge on any atom is 0.336 e. The number of carboxylic acid groups (broad SMARTS) is 1. The van der Waals surface area contributed by atoms with Gasteiger partial charge in [0, 0.05) is 17.2 Å². The maximum atomic E-state index is 11.4. The SMILES string of the molecule is O=C(O)c1cccc2cccc(C=Nc3ccccc3)c12. The Morgan fingerprint density at radius 3 is 2.33 bits per heavy atom. The largest absolute Gasteiger partial charge is 0.478 e. The monoisotopic (exact) mass is 275 g/mol. The Balaban J connectivity index is 2.14. The number of carbonyl (C=O) groups is 1. The highest BCUT2D eigenvalue weighted by atomic mass is 16.4. The van der Waals surface area contributed by atoms with Crippen molar-refractivity contribution in [3.63, 3.8) is 0 Å². The molecule has 21 heavy (non-hydrogen) atoms. The standard InChI is InChI=1S/C18H13NO2/c20-18(21)16-11-5-7-13-6-4-8-14(17(13)16)12-19-15-9-2-1-3-10-15/h1-12H,(H,20,21). The lowest BCUT2D eigenvalue weighted by molar-refractivity contribution is 0.0699. The summed E-state index contributed by atoms with van der Waals surface area (Å²) in [6.45, 7) is 0. The zero-order valence-corrected chi connectivity index (χ0v) is 11.2. The van der Waals surface area contributed by atoms with Gasteiger partial charge in [-0.2, -0.15) is 0 Å². The summed E-state index contributed by atoms with van der Waals surface area (Å²) in [4.78, 5) is 15.8. The lowest BCUT2D eigenvalue weighted by Crippen LogP contribution is -1.99. The van der Waals surface area contributed by atoms with E-state index in [1.165, 1.54) is 0 Å². The molecule has 0 amide bonds. The van der Waals surface area contributed by atoms with Gasteiger partial charge in [0.25, 0.3) is 0 Å². The number of nitrogens with zero attached hydrogens (tertiary/aromatic N) is 1. The molecule has 0 unspecified atom stereocenters. The zero-order chi connectivity index (χ0) is 14.7. The predicted molar refractivity (Wildman–Crippen MR) is 84.6 cm³/mol. The van der Waals surface area contributed by atoms with E-state index in [9.17, 15) is 9.90 Å². The molecule has 3 aromatic rings. The summed E-state index contributed by atoms with van der Waals surface area (Å²) >= 11 is 0. The van der Waals surface area contributed by atoms with Gasteiger partial charge in [0.05, 0.1) is 11.3 Å². The minimum absolute atomic E-state index is 0.294. The molecule has 0 spiro atoms. The second kappa shape index (κ2) is 5.59. The van der Waals surface area contributed by atoms with Crippen LogP contribution in [0.4, 0.5) is 5.69 Å². The van der Waals surface area contributed by atoms with Crippen molar-refractivity contribution >= 4 is 28.6 Å². The van der Waals surface area contributed by atoms with Crippen LogP contribution in [0.5, 0.6) is 0 Å². The number of carboxylic acids is 1. The van der Waals surface area contributed by atoms with Crippen LogP contribution < -0.4 is 0 Å². The van der Waals surface area contributed by atoms with E-state index in [0.717, 1.165) is 16.6 Å². The van der Waals surface area contributed by atoms with Gasteiger partial charge in [-0.3, -0.25) is 4.99 Å². The highest BCUT2D eigenvalue weighted by Gasteiger charge is 2.10. The van der Waals surface area contributed by atoms with Crippen molar-refractivity contribution in [2.75, 3.05) is 0 Å². The molecular formula is C18H13NO2. The van der Waals surface area contributed by atoms with Crippen molar-refractivity contribution in [2.45, 2.75) is 0 Å². The predicted octanol–water partition coefficient (Wildman–Crippen LogP) is 4.29. The average Bonchev–Trinajstić information content (AvgIpc) is 2.53. The van der Waals surface area contributed by atoms with Crippen LogP contribution in [0.25, 0.3) is 10.8 Å². The molecule has 0 aliphatic rings. The van der Waals surface area contributed by atoms with Gasteiger partial charge in [0.2, 0.25) is 0 Å². The van der Waals surface area contributed by atoms with Crippen LogP contribution >= 0.6 is 0 Å². The van der Waals surface area contributed by atoms with Crippen LogP contribution in [0, 0.1) is 0 Å². The molecule has 102 valence electrons.